The van der Waals surface area contributed by atoms with Crippen molar-refractivity contribution in [3.05, 3.63) is 29.8 Å². The Hall–Kier alpha value is -1.69. The van der Waals surface area contributed by atoms with Crippen molar-refractivity contribution in [1.82, 2.24) is 4.90 Å². The van der Waals surface area contributed by atoms with Gasteiger partial charge in [-0.1, -0.05) is 17.7 Å². The summed E-state index contributed by atoms with van der Waals surface area (Å²) in [5, 5.41) is 9.22. The minimum Gasteiger partial charge on any atom is -0.467 e. The molecule has 1 aromatic carbocycles. The van der Waals surface area contributed by atoms with Crippen molar-refractivity contribution in [3.63, 3.8) is 0 Å². The van der Waals surface area contributed by atoms with Crippen molar-refractivity contribution in [2.45, 2.75) is 29.5 Å². The monoisotopic (exact) mass is 295 g/mol. The molecular formula is C14H17NO4S. The van der Waals surface area contributed by atoms with Crippen LogP contribution >= 0.6 is 11.8 Å². The SMILES string of the molecule is COC(=O)C1CC(Sc2ccc(C)cc2)CN1C(=O)O. The van der Waals surface area contributed by atoms with Crippen LogP contribution in [0.3, 0.4) is 0 Å². The highest BCUT2D eigenvalue weighted by Gasteiger charge is 2.40. The standard InChI is InChI=1S/C14H17NO4S/c1-9-3-5-10(6-4-9)20-11-7-12(13(16)19-2)15(8-11)14(17)18/h3-6,11-12H,7-8H2,1-2H3,(H,17,18). The molecule has 108 valence electrons. The summed E-state index contributed by atoms with van der Waals surface area (Å²) in [5.74, 6) is -0.487. The summed E-state index contributed by atoms with van der Waals surface area (Å²) in [5.41, 5.74) is 1.18. The van der Waals surface area contributed by atoms with Gasteiger partial charge in [-0.15, -0.1) is 11.8 Å². The fraction of sp³-hybridized carbons (Fsp3) is 0.429. The van der Waals surface area contributed by atoms with Gasteiger partial charge in [0.15, 0.2) is 0 Å². The molecule has 0 radical (unpaired) electrons. The molecule has 2 atom stereocenters. The van der Waals surface area contributed by atoms with E-state index in [9.17, 15) is 9.59 Å². The summed E-state index contributed by atoms with van der Waals surface area (Å²) in [7, 11) is 1.28. The second-order valence-electron chi connectivity index (χ2n) is 4.76. The number of rotatable bonds is 3. The molecule has 6 heteroatoms. The normalized spacial score (nSPS) is 21.8. The van der Waals surface area contributed by atoms with E-state index in [1.807, 2.05) is 31.2 Å². The third-order valence-electron chi connectivity index (χ3n) is 3.31. The number of carboxylic acid groups (broad SMARTS) is 1. The first-order valence-electron chi connectivity index (χ1n) is 6.32. The summed E-state index contributed by atoms with van der Waals surface area (Å²) < 4.78 is 4.68. The Kier molecular flexibility index (Phi) is 4.54. The van der Waals surface area contributed by atoms with Crippen LogP contribution in [0.1, 0.15) is 12.0 Å². The number of carbonyl (C=O) groups is 2. The van der Waals surface area contributed by atoms with E-state index in [0.717, 1.165) is 9.80 Å². The molecule has 1 amide bonds. The van der Waals surface area contributed by atoms with Gasteiger partial charge in [0.1, 0.15) is 6.04 Å². The van der Waals surface area contributed by atoms with Gasteiger partial charge >= 0.3 is 12.1 Å². The van der Waals surface area contributed by atoms with E-state index >= 15 is 0 Å². The lowest BCUT2D eigenvalue weighted by Crippen LogP contribution is -2.40. The molecule has 0 bridgehead atoms. The molecule has 1 fully saturated rings. The minimum atomic E-state index is -1.08. The number of carbonyl (C=O) groups excluding carboxylic acids is 1. The Labute approximate surface area is 121 Å². The van der Waals surface area contributed by atoms with E-state index in [4.69, 9.17) is 5.11 Å². The fourth-order valence-electron chi connectivity index (χ4n) is 2.26. The highest BCUT2D eigenvalue weighted by molar-refractivity contribution is 8.00. The first-order valence-corrected chi connectivity index (χ1v) is 7.20. The van der Waals surface area contributed by atoms with Crippen LogP contribution in [-0.4, -0.2) is 47.0 Å². The molecule has 1 aliphatic rings. The third-order valence-corrected chi connectivity index (χ3v) is 4.52. The van der Waals surface area contributed by atoms with E-state index in [1.165, 1.54) is 12.7 Å². The van der Waals surface area contributed by atoms with Gasteiger partial charge < -0.3 is 9.84 Å². The molecule has 5 nitrogen and oxygen atoms in total. The molecule has 1 aliphatic heterocycles. The van der Waals surface area contributed by atoms with Crippen LogP contribution in [0.25, 0.3) is 0 Å². The number of ether oxygens (including phenoxy) is 1. The minimum absolute atomic E-state index is 0.0675. The molecule has 0 saturated carbocycles. The summed E-state index contributed by atoms with van der Waals surface area (Å²) in [4.78, 5) is 25.1. The van der Waals surface area contributed by atoms with Crippen molar-refractivity contribution in [1.29, 1.82) is 0 Å². The highest BCUT2D eigenvalue weighted by Crippen LogP contribution is 2.33. The number of hydrogen-bond acceptors (Lipinski definition) is 4. The summed E-state index contributed by atoms with van der Waals surface area (Å²) in [6.45, 7) is 2.36. The first-order chi connectivity index (χ1) is 9.51. The quantitative estimate of drug-likeness (QED) is 0.867. The fourth-order valence-corrected chi connectivity index (χ4v) is 3.45. The zero-order valence-corrected chi connectivity index (χ0v) is 12.2. The third kappa shape index (κ3) is 3.25. The van der Waals surface area contributed by atoms with Crippen molar-refractivity contribution in [2.75, 3.05) is 13.7 Å². The number of esters is 1. The number of amides is 1. The van der Waals surface area contributed by atoms with Gasteiger partial charge in [0, 0.05) is 16.7 Å². The first kappa shape index (κ1) is 14.7. The number of nitrogens with zero attached hydrogens (tertiary/aromatic N) is 1. The molecule has 1 saturated heterocycles. The number of likely N-dealkylation sites (tertiary alicyclic amines) is 1. The predicted octanol–water partition coefficient (Wildman–Crippen LogP) is 2.38. The zero-order valence-electron chi connectivity index (χ0n) is 11.4. The average Bonchev–Trinajstić information content (AvgIpc) is 2.84. The van der Waals surface area contributed by atoms with Gasteiger partial charge in [0.05, 0.1) is 7.11 Å². The van der Waals surface area contributed by atoms with E-state index < -0.39 is 18.1 Å². The van der Waals surface area contributed by atoms with E-state index in [1.54, 1.807) is 11.8 Å². The second-order valence-corrected chi connectivity index (χ2v) is 6.14. The van der Waals surface area contributed by atoms with Crippen LogP contribution in [0.2, 0.25) is 0 Å². The number of aryl methyl sites for hydroxylation is 1. The van der Waals surface area contributed by atoms with Crippen LogP contribution in [0.5, 0.6) is 0 Å². The van der Waals surface area contributed by atoms with Crippen LogP contribution in [-0.2, 0) is 9.53 Å². The highest BCUT2D eigenvalue weighted by atomic mass is 32.2. The maximum atomic E-state index is 11.6. The smallest absolute Gasteiger partial charge is 0.408 e. The Morgan fingerprint density at radius 3 is 2.55 bits per heavy atom. The molecule has 0 aliphatic carbocycles. The molecule has 0 spiro atoms. The second kappa shape index (κ2) is 6.17. The van der Waals surface area contributed by atoms with Gasteiger partial charge in [-0.3, -0.25) is 4.90 Å². The van der Waals surface area contributed by atoms with Crippen molar-refractivity contribution in [3.8, 4) is 0 Å². The van der Waals surface area contributed by atoms with Crippen LogP contribution in [0.15, 0.2) is 29.2 Å². The lowest BCUT2D eigenvalue weighted by atomic mass is 10.2. The van der Waals surface area contributed by atoms with E-state index in [0.29, 0.717) is 13.0 Å². The zero-order chi connectivity index (χ0) is 14.7. The van der Waals surface area contributed by atoms with Crippen LogP contribution < -0.4 is 0 Å². The lowest BCUT2D eigenvalue weighted by molar-refractivity contribution is -0.145. The number of methoxy groups -OCH3 is 1. The van der Waals surface area contributed by atoms with E-state index in [-0.39, 0.29) is 5.25 Å². The summed E-state index contributed by atoms with van der Waals surface area (Å²) in [6.07, 6.45) is -0.593. The lowest BCUT2D eigenvalue weighted by Gasteiger charge is -2.18. The van der Waals surface area contributed by atoms with Crippen LogP contribution in [0.4, 0.5) is 4.79 Å². The molecule has 2 unspecified atom stereocenters. The number of benzene rings is 1. The Morgan fingerprint density at radius 2 is 2.00 bits per heavy atom. The molecular weight excluding hydrogens is 278 g/mol. The maximum Gasteiger partial charge on any atom is 0.408 e. The van der Waals surface area contributed by atoms with Gasteiger partial charge in [-0.2, -0.15) is 0 Å². The van der Waals surface area contributed by atoms with Gasteiger partial charge in [0.2, 0.25) is 0 Å². The molecule has 2 rings (SSSR count). The average molecular weight is 295 g/mol. The van der Waals surface area contributed by atoms with Crippen molar-refractivity contribution in [2.24, 2.45) is 0 Å². The topological polar surface area (TPSA) is 66.8 Å². The van der Waals surface area contributed by atoms with Crippen LogP contribution in [0, 0.1) is 6.92 Å². The molecule has 1 N–H and O–H groups in total. The van der Waals surface area contributed by atoms with Gasteiger partial charge in [-0.25, -0.2) is 9.59 Å². The summed E-state index contributed by atoms with van der Waals surface area (Å²) >= 11 is 1.60. The molecule has 0 aromatic heterocycles. The summed E-state index contributed by atoms with van der Waals surface area (Å²) in [6, 6.07) is 7.36. The Morgan fingerprint density at radius 1 is 1.35 bits per heavy atom. The largest absolute Gasteiger partial charge is 0.467 e. The van der Waals surface area contributed by atoms with Crippen molar-refractivity contribution >= 4 is 23.8 Å². The van der Waals surface area contributed by atoms with Gasteiger partial charge in [-0.05, 0) is 25.5 Å². The molecule has 1 aromatic rings. The van der Waals surface area contributed by atoms with E-state index in [2.05, 4.69) is 4.74 Å². The maximum absolute atomic E-state index is 11.6. The Bertz CT molecular complexity index is 502. The number of hydrogen-bond donors (Lipinski definition) is 1. The van der Waals surface area contributed by atoms with Crippen molar-refractivity contribution < 1.29 is 19.4 Å². The predicted molar refractivity (Wildman–Crippen MR) is 76.0 cm³/mol. The molecule has 1 heterocycles. The number of thioether (sulfide) groups is 1. The molecule has 20 heavy (non-hydrogen) atoms. The Balaban J connectivity index is 2.06. The van der Waals surface area contributed by atoms with Gasteiger partial charge in [0.25, 0.3) is 0 Å².